The predicted molar refractivity (Wildman–Crippen MR) is 136 cm³/mol. The highest BCUT2D eigenvalue weighted by molar-refractivity contribution is 6.15. The van der Waals surface area contributed by atoms with Gasteiger partial charge in [0.1, 0.15) is 24.7 Å². The van der Waals surface area contributed by atoms with Gasteiger partial charge in [-0.15, -0.1) is 0 Å². The Morgan fingerprint density at radius 2 is 1.19 bits per heavy atom. The fourth-order valence-corrected chi connectivity index (χ4v) is 3.91. The van der Waals surface area contributed by atoms with Crippen molar-refractivity contribution in [3.8, 4) is 11.5 Å². The third kappa shape index (κ3) is 7.05. The fourth-order valence-electron chi connectivity index (χ4n) is 3.91. The molecule has 1 radical (unpaired) electrons. The van der Waals surface area contributed by atoms with Gasteiger partial charge in [-0.2, -0.15) is 0 Å². The molecular formula is C25H34BN2O8. The van der Waals surface area contributed by atoms with Gasteiger partial charge < -0.3 is 40.1 Å². The molecule has 11 heteroatoms. The molecular weight excluding hydrogens is 467 g/mol. The van der Waals surface area contributed by atoms with Crippen LogP contribution in [0.4, 0.5) is 11.4 Å². The van der Waals surface area contributed by atoms with E-state index in [0.717, 1.165) is 45.1 Å². The van der Waals surface area contributed by atoms with Crippen molar-refractivity contribution in [1.29, 1.82) is 0 Å². The number of anilines is 2. The van der Waals surface area contributed by atoms with Crippen molar-refractivity contribution in [2.45, 2.75) is 26.7 Å². The van der Waals surface area contributed by atoms with Gasteiger partial charge in [-0.3, -0.25) is 9.59 Å². The van der Waals surface area contributed by atoms with Crippen LogP contribution in [-0.2, 0) is 36.6 Å². The maximum absolute atomic E-state index is 11.4. The number of nitrogen functional groups attached to an aromatic ring is 2. The number of fused-ring (bicyclic) bond motifs is 2. The van der Waals surface area contributed by atoms with Crippen molar-refractivity contribution in [3.05, 3.63) is 46.5 Å². The highest BCUT2D eigenvalue weighted by Crippen LogP contribution is 2.34. The predicted octanol–water partition coefficient (Wildman–Crippen LogP) is 1.76. The van der Waals surface area contributed by atoms with E-state index in [2.05, 4.69) is 4.65 Å². The second kappa shape index (κ2) is 13.6. The molecule has 0 saturated carbocycles. The number of carbonyl (C=O) groups is 2. The molecule has 10 nitrogen and oxygen atoms in total. The zero-order chi connectivity index (χ0) is 26.8. The van der Waals surface area contributed by atoms with E-state index in [1.807, 2.05) is 38.1 Å². The molecule has 0 fully saturated rings. The number of esters is 2. The van der Waals surface area contributed by atoms with E-state index in [4.69, 9.17) is 35.4 Å². The molecule has 0 spiro atoms. The lowest BCUT2D eigenvalue weighted by molar-refractivity contribution is -0.147. The molecule has 5 N–H and O–H groups in total. The normalized spacial score (nSPS) is 17.2. The quantitative estimate of drug-likeness (QED) is 0.322. The Morgan fingerprint density at radius 3 is 1.50 bits per heavy atom. The van der Waals surface area contributed by atoms with Gasteiger partial charge in [-0.25, -0.2) is 0 Å². The summed E-state index contributed by atoms with van der Waals surface area (Å²) in [7, 11) is 4.79. The number of hydrogen-bond acceptors (Lipinski definition) is 10. The van der Waals surface area contributed by atoms with E-state index in [0.29, 0.717) is 33.7 Å². The summed E-state index contributed by atoms with van der Waals surface area (Å²) in [6.45, 7) is 4.64. The van der Waals surface area contributed by atoms with Crippen molar-refractivity contribution in [3.63, 3.8) is 0 Å². The summed E-state index contributed by atoms with van der Waals surface area (Å²) in [6, 6.07) is 7.36. The Morgan fingerprint density at radius 1 is 0.833 bits per heavy atom. The van der Waals surface area contributed by atoms with Crippen LogP contribution in [-0.4, -0.2) is 59.2 Å². The van der Waals surface area contributed by atoms with Crippen molar-refractivity contribution in [2.75, 3.05) is 46.0 Å². The lowest BCUT2D eigenvalue weighted by Crippen LogP contribution is -2.29. The SMILES string of the molecule is COC(=O)C1COc2ccc(N)c(C)c2C1.COC(=O)C1COc2ccc(N)c(C)c2C1.CO[B]O. The molecule has 2 unspecified atom stereocenters. The van der Waals surface area contributed by atoms with E-state index < -0.39 is 0 Å². The number of nitrogens with two attached hydrogens (primary N) is 2. The van der Waals surface area contributed by atoms with Gasteiger partial charge in [0.15, 0.2) is 0 Å². The standard InChI is InChI=1S/2C12H15NO3.CH4BO2/c2*1-7-9-5-8(12(14)15-2)6-16-11(9)4-3-10(7)13;1-4-2-3/h2*3-4,8H,5-6,13H2,1-2H3;3H,1H3. The van der Waals surface area contributed by atoms with E-state index in [-0.39, 0.29) is 23.8 Å². The van der Waals surface area contributed by atoms with Crippen LogP contribution < -0.4 is 20.9 Å². The van der Waals surface area contributed by atoms with Crippen LogP contribution in [0.1, 0.15) is 22.3 Å². The van der Waals surface area contributed by atoms with Crippen LogP contribution in [0.2, 0.25) is 0 Å². The molecule has 0 aromatic heterocycles. The maximum atomic E-state index is 11.4. The number of carbonyl (C=O) groups excluding carboxylic acids is 2. The summed E-state index contributed by atoms with van der Waals surface area (Å²) in [5.41, 5.74) is 17.1. The van der Waals surface area contributed by atoms with Crippen LogP contribution >= 0.6 is 0 Å². The molecule has 195 valence electrons. The largest absolute Gasteiger partial charge is 0.492 e. The van der Waals surface area contributed by atoms with Crippen LogP contribution in [0.25, 0.3) is 0 Å². The Balaban J connectivity index is 0.000000221. The van der Waals surface area contributed by atoms with E-state index in [1.54, 1.807) is 0 Å². The van der Waals surface area contributed by atoms with Crippen LogP contribution in [0.15, 0.2) is 24.3 Å². The molecule has 0 saturated heterocycles. The Hall–Kier alpha value is -3.44. The average Bonchev–Trinajstić information content (AvgIpc) is 2.92. The molecule has 0 aliphatic carbocycles. The first-order valence-electron chi connectivity index (χ1n) is 11.3. The van der Waals surface area contributed by atoms with Gasteiger partial charge in [-0.05, 0) is 62.1 Å². The summed E-state index contributed by atoms with van der Waals surface area (Å²) in [4.78, 5) is 22.9. The minimum atomic E-state index is -0.229. The Labute approximate surface area is 212 Å². The highest BCUT2D eigenvalue weighted by Gasteiger charge is 2.29. The van der Waals surface area contributed by atoms with Gasteiger partial charge in [0.05, 0.1) is 26.1 Å². The molecule has 2 heterocycles. The monoisotopic (exact) mass is 501 g/mol. The van der Waals surface area contributed by atoms with Gasteiger partial charge in [0.2, 0.25) is 0 Å². The first kappa shape index (κ1) is 28.8. The minimum absolute atomic E-state index is 0.224. The average molecular weight is 501 g/mol. The Bertz CT molecular complexity index is 979. The van der Waals surface area contributed by atoms with Gasteiger partial charge in [0, 0.05) is 29.6 Å². The molecule has 2 aromatic carbocycles. The first-order valence-corrected chi connectivity index (χ1v) is 11.3. The third-order valence-electron chi connectivity index (χ3n) is 6.15. The number of ether oxygens (including phenoxy) is 4. The topological polar surface area (TPSA) is 153 Å². The van der Waals surface area contributed by atoms with Crippen molar-refractivity contribution in [2.24, 2.45) is 11.8 Å². The number of methoxy groups -OCH3 is 2. The van der Waals surface area contributed by atoms with Gasteiger partial charge >= 0.3 is 19.6 Å². The van der Waals surface area contributed by atoms with Gasteiger partial charge in [-0.1, -0.05) is 0 Å². The summed E-state index contributed by atoms with van der Waals surface area (Å²) in [5.74, 6) is 0.745. The third-order valence-corrected chi connectivity index (χ3v) is 6.15. The summed E-state index contributed by atoms with van der Waals surface area (Å²) < 4.78 is 24.5. The second-order valence-electron chi connectivity index (χ2n) is 8.32. The van der Waals surface area contributed by atoms with E-state index in [9.17, 15) is 9.59 Å². The molecule has 2 aromatic rings. The summed E-state index contributed by atoms with van der Waals surface area (Å²) in [6.07, 6.45) is 1.28. The lowest BCUT2D eigenvalue weighted by Gasteiger charge is -2.25. The van der Waals surface area contributed by atoms with E-state index in [1.165, 1.54) is 21.3 Å². The van der Waals surface area contributed by atoms with Crippen LogP contribution in [0.5, 0.6) is 11.5 Å². The smallest absolute Gasteiger partial charge is 0.484 e. The molecule has 2 aliphatic rings. The van der Waals surface area contributed by atoms with Gasteiger partial charge in [0.25, 0.3) is 0 Å². The molecule has 0 amide bonds. The molecule has 2 atom stereocenters. The molecule has 0 bridgehead atoms. The zero-order valence-electron chi connectivity index (χ0n) is 21.3. The van der Waals surface area contributed by atoms with Crippen LogP contribution in [0.3, 0.4) is 0 Å². The molecule has 4 rings (SSSR count). The number of rotatable bonds is 3. The maximum Gasteiger partial charge on any atom is 0.484 e. The molecule has 2 aliphatic heterocycles. The van der Waals surface area contributed by atoms with Crippen molar-refractivity contribution in [1.82, 2.24) is 0 Å². The minimum Gasteiger partial charge on any atom is -0.492 e. The number of hydrogen-bond donors (Lipinski definition) is 3. The fraction of sp³-hybridized carbons (Fsp3) is 0.440. The highest BCUT2D eigenvalue weighted by atomic mass is 16.5. The molecule has 36 heavy (non-hydrogen) atoms. The Kier molecular flexibility index (Phi) is 10.9. The van der Waals surface area contributed by atoms with Crippen LogP contribution in [0, 0.1) is 25.7 Å². The van der Waals surface area contributed by atoms with Crippen molar-refractivity contribution < 1.29 is 38.2 Å². The summed E-state index contributed by atoms with van der Waals surface area (Å²) in [5, 5.41) is 7.53. The first-order chi connectivity index (χ1) is 17.2. The summed E-state index contributed by atoms with van der Waals surface area (Å²) >= 11 is 0. The number of benzene rings is 2. The lowest BCUT2D eigenvalue weighted by atomic mass is 9.93. The van der Waals surface area contributed by atoms with E-state index >= 15 is 0 Å². The van der Waals surface area contributed by atoms with Crippen molar-refractivity contribution >= 4 is 31.0 Å². The second-order valence-corrected chi connectivity index (χ2v) is 8.32. The zero-order valence-corrected chi connectivity index (χ0v) is 21.3.